The van der Waals surface area contributed by atoms with Crippen molar-refractivity contribution in [2.24, 2.45) is 5.73 Å². The predicted octanol–water partition coefficient (Wildman–Crippen LogP) is 3.53. The van der Waals surface area contributed by atoms with Gasteiger partial charge in [-0.2, -0.15) is 0 Å². The number of benzene rings is 1. The van der Waals surface area contributed by atoms with E-state index < -0.39 is 0 Å². The van der Waals surface area contributed by atoms with Gasteiger partial charge in [-0.25, -0.2) is 0 Å². The summed E-state index contributed by atoms with van der Waals surface area (Å²) >= 11 is 7.54. The molecule has 0 amide bonds. The summed E-state index contributed by atoms with van der Waals surface area (Å²) in [5.74, 6) is 0. The fourth-order valence-corrected chi connectivity index (χ4v) is 2.27. The van der Waals surface area contributed by atoms with Gasteiger partial charge in [-0.1, -0.05) is 23.7 Å². The minimum atomic E-state index is 0.609. The first-order valence-corrected chi connectivity index (χ1v) is 5.54. The Kier molecular flexibility index (Phi) is 2.87. The van der Waals surface area contributed by atoms with E-state index in [1.807, 2.05) is 24.3 Å². The summed E-state index contributed by atoms with van der Waals surface area (Å²) < 4.78 is 0. The second kappa shape index (κ2) is 4.13. The SMILES string of the molecule is NCc1ccc(-c2ccc(Cl)cc2)s1. The molecule has 2 aromatic rings. The maximum Gasteiger partial charge on any atom is 0.0406 e. The zero-order chi connectivity index (χ0) is 9.97. The van der Waals surface area contributed by atoms with Crippen LogP contribution in [0.4, 0.5) is 0 Å². The third kappa shape index (κ3) is 1.98. The van der Waals surface area contributed by atoms with Gasteiger partial charge in [0.2, 0.25) is 0 Å². The van der Waals surface area contributed by atoms with Gasteiger partial charge >= 0.3 is 0 Å². The highest BCUT2D eigenvalue weighted by molar-refractivity contribution is 7.15. The molecule has 0 saturated heterocycles. The van der Waals surface area contributed by atoms with E-state index in [1.54, 1.807) is 11.3 Å². The molecule has 2 rings (SSSR count). The van der Waals surface area contributed by atoms with Crippen LogP contribution in [-0.4, -0.2) is 0 Å². The van der Waals surface area contributed by atoms with Gasteiger partial charge in [-0.05, 0) is 29.8 Å². The summed E-state index contributed by atoms with van der Waals surface area (Å²) in [5, 5.41) is 0.768. The van der Waals surface area contributed by atoms with Gasteiger partial charge in [0.15, 0.2) is 0 Å². The molecule has 0 saturated carbocycles. The smallest absolute Gasteiger partial charge is 0.0406 e. The number of nitrogens with two attached hydrogens (primary N) is 1. The van der Waals surface area contributed by atoms with Gasteiger partial charge < -0.3 is 5.73 Å². The van der Waals surface area contributed by atoms with Crippen molar-refractivity contribution in [2.75, 3.05) is 0 Å². The van der Waals surface area contributed by atoms with Crippen molar-refractivity contribution < 1.29 is 0 Å². The summed E-state index contributed by atoms with van der Waals surface area (Å²) in [5.41, 5.74) is 6.75. The molecule has 3 heteroatoms. The lowest BCUT2D eigenvalue weighted by Gasteiger charge is -1.96. The number of hydrogen-bond acceptors (Lipinski definition) is 2. The summed E-state index contributed by atoms with van der Waals surface area (Å²) in [6, 6.07) is 12.0. The van der Waals surface area contributed by atoms with Crippen LogP contribution in [0.15, 0.2) is 36.4 Å². The van der Waals surface area contributed by atoms with Crippen molar-refractivity contribution >= 4 is 22.9 Å². The summed E-state index contributed by atoms with van der Waals surface area (Å²) in [4.78, 5) is 2.44. The van der Waals surface area contributed by atoms with Gasteiger partial charge in [0.25, 0.3) is 0 Å². The number of rotatable bonds is 2. The Morgan fingerprint density at radius 1 is 1.07 bits per heavy atom. The van der Waals surface area contributed by atoms with Crippen LogP contribution in [0.3, 0.4) is 0 Å². The van der Waals surface area contributed by atoms with E-state index in [0.29, 0.717) is 6.54 Å². The Morgan fingerprint density at radius 2 is 1.79 bits per heavy atom. The van der Waals surface area contributed by atoms with Crippen molar-refractivity contribution in [3.63, 3.8) is 0 Å². The summed E-state index contributed by atoms with van der Waals surface area (Å²) in [6.07, 6.45) is 0. The average molecular weight is 224 g/mol. The van der Waals surface area contributed by atoms with Gasteiger partial charge in [0, 0.05) is 21.3 Å². The minimum absolute atomic E-state index is 0.609. The maximum atomic E-state index is 5.82. The van der Waals surface area contributed by atoms with Crippen molar-refractivity contribution in [1.29, 1.82) is 0 Å². The molecular weight excluding hydrogens is 214 g/mol. The topological polar surface area (TPSA) is 26.0 Å². The molecule has 0 radical (unpaired) electrons. The van der Waals surface area contributed by atoms with Crippen LogP contribution in [0.25, 0.3) is 10.4 Å². The third-order valence-electron chi connectivity index (χ3n) is 1.99. The van der Waals surface area contributed by atoms with Crippen LogP contribution >= 0.6 is 22.9 Å². The monoisotopic (exact) mass is 223 g/mol. The third-order valence-corrected chi connectivity index (χ3v) is 3.40. The molecule has 0 bridgehead atoms. The maximum absolute atomic E-state index is 5.82. The Balaban J connectivity index is 2.34. The fraction of sp³-hybridized carbons (Fsp3) is 0.0909. The molecule has 0 spiro atoms. The first-order chi connectivity index (χ1) is 6.79. The van der Waals surface area contributed by atoms with E-state index in [4.69, 9.17) is 17.3 Å². The molecule has 0 fully saturated rings. The second-order valence-corrected chi connectivity index (χ2v) is 4.58. The number of hydrogen-bond donors (Lipinski definition) is 1. The van der Waals surface area contributed by atoms with E-state index in [0.717, 1.165) is 5.02 Å². The summed E-state index contributed by atoms with van der Waals surface area (Å²) in [7, 11) is 0. The van der Waals surface area contributed by atoms with E-state index >= 15 is 0 Å². The Bertz CT molecular complexity index is 419. The summed E-state index contributed by atoms with van der Waals surface area (Å²) in [6.45, 7) is 0.609. The second-order valence-electron chi connectivity index (χ2n) is 2.98. The predicted molar refractivity (Wildman–Crippen MR) is 62.7 cm³/mol. The van der Waals surface area contributed by atoms with Crippen LogP contribution in [0, 0.1) is 0 Å². The van der Waals surface area contributed by atoms with E-state index in [2.05, 4.69) is 12.1 Å². The lowest BCUT2D eigenvalue weighted by atomic mass is 10.2. The number of thiophene rings is 1. The highest BCUT2D eigenvalue weighted by Crippen LogP contribution is 2.28. The quantitative estimate of drug-likeness (QED) is 0.828. The molecule has 1 aromatic carbocycles. The normalized spacial score (nSPS) is 10.4. The van der Waals surface area contributed by atoms with Crippen LogP contribution < -0.4 is 5.73 Å². The van der Waals surface area contributed by atoms with Crippen molar-refractivity contribution in [1.82, 2.24) is 0 Å². The van der Waals surface area contributed by atoms with Crippen LogP contribution in [-0.2, 0) is 6.54 Å². The van der Waals surface area contributed by atoms with Gasteiger partial charge in [-0.15, -0.1) is 11.3 Å². The molecule has 0 aliphatic rings. The highest BCUT2D eigenvalue weighted by atomic mass is 35.5. The molecule has 0 aliphatic carbocycles. The zero-order valence-corrected chi connectivity index (χ0v) is 9.11. The van der Waals surface area contributed by atoms with Crippen molar-refractivity contribution in [3.8, 4) is 10.4 Å². The molecule has 1 aromatic heterocycles. The Hall–Kier alpha value is -0.830. The van der Waals surface area contributed by atoms with E-state index in [9.17, 15) is 0 Å². The zero-order valence-electron chi connectivity index (χ0n) is 7.53. The van der Waals surface area contributed by atoms with E-state index in [-0.39, 0.29) is 0 Å². The molecule has 1 heterocycles. The molecule has 72 valence electrons. The molecule has 2 N–H and O–H groups in total. The van der Waals surface area contributed by atoms with Crippen LogP contribution in [0.1, 0.15) is 4.88 Å². The molecule has 0 atom stereocenters. The van der Waals surface area contributed by atoms with Gasteiger partial charge in [-0.3, -0.25) is 0 Å². The molecule has 0 aliphatic heterocycles. The van der Waals surface area contributed by atoms with Crippen molar-refractivity contribution in [2.45, 2.75) is 6.54 Å². The molecule has 1 nitrogen and oxygen atoms in total. The lowest BCUT2D eigenvalue weighted by molar-refractivity contribution is 1.11. The van der Waals surface area contributed by atoms with Crippen LogP contribution in [0.2, 0.25) is 5.02 Å². The van der Waals surface area contributed by atoms with Gasteiger partial charge in [0.05, 0.1) is 0 Å². The van der Waals surface area contributed by atoms with E-state index in [1.165, 1.54) is 15.3 Å². The first-order valence-electron chi connectivity index (χ1n) is 4.34. The molecular formula is C11H10ClNS. The fourth-order valence-electron chi connectivity index (χ4n) is 1.26. The Labute approximate surface area is 92.1 Å². The largest absolute Gasteiger partial charge is 0.326 e. The van der Waals surface area contributed by atoms with Gasteiger partial charge in [0.1, 0.15) is 0 Å². The van der Waals surface area contributed by atoms with Crippen LogP contribution in [0.5, 0.6) is 0 Å². The van der Waals surface area contributed by atoms with Crippen molar-refractivity contribution in [3.05, 3.63) is 46.3 Å². The molecule has 14 heavy (non-hydrogen) atoms. The number of halogens is 1. The highest BCUT2D eigenvalue weighted by Gasteiger charge is 2.01. The first kappa shape index (κ1) is 9.71. The minimum Gasteiger partial charge on any atom is -0.326 e. The average Bonchev–Trinajstić information content (AvgIpc) is 2.67. The standard InChI is InChI=1S/C11H10ClNS/c12-9-3-1-8(2-4-9)11-6-5-10(7-13)14-11/h1-6H,7,13H2. The Morgan fingerprint density at radius 3 is 2.36 bits per heavy atom. The molecule has 0 unspecified atom stereocenters. The lowest BCUT2D eigenvalue weighted by Crippen LogP contribution is -1.90.